The molecule has 1 saturated heterocycles. The zero-order chi connectivity index (χ0) is 11.4. The highest BCUT2D eigenvalue weighted by molar-refractivity contribution is 4.90. The average Bonchev–Trinajstić information content (AvgIpc) is 2.53. The molecule has 15 heavy (non-hydrogen) atoms. The molecule has 0 aromatic carbocycles. The van der Waals surface area contributed by atoms with Crippen molar-refractivity contribution in [3.63, 3.8) is 0 Å². The molecular weight excluding hydrogens is 204 g/mol. The first-order valence-electron chi connectivity index (χ1n) is 4.64. The van der Waals surface area contributed by atoms with E-state index in [9.17, 15) is 15.3 Å². The van der Waals surface area contributed by atoms with Crippen LogP contribution in [0.2, 0.25) is 0 Å². The van der Waals surface area contributed by atoms with Gasteiger partial charge in [-0.2, -0.15) is 0 Å². The molecule has 0 bridgehead atoms. The number of ether oxygens (including phenoxy) is 2. The Kier molecular flexibility index (Phi) is 4.65. The van der Waals surface area contributed by atoms with Gasteiger partial charge in [-0.25, -0.2) is 0 Å². The third-order valence-electron chi connectivity index (χ3n) is 2.20. The van der Waals surface area contributed by atoms with Gasteiger partial charge >= 0.3 is 0 Å². The van der Waals surface area contributed by atoms with Crippen molar-refractivity contribution in [1.29, 1.82) is 0 Å². The molecular formula is C9H16O6. The number of aliphatic hydroxyl groups is 4. The van der Waals surface area contributed by atoms with E-state index in [2.05, 4.69) is 6.58 Å². The maximum atomic E-state index is 9.48. The molecule has 0 aromatic rings. The molecule has 1 heterocycles. The van der Waals surface area contributed by atoms with E-state index < -0.39 is 37.3 Å². The second kappa shape index (κ2) is 5.55. The normalized spacial score (nSPS) is 37.9. The van der Waals surface area contributed by atoms with Gasteiger partial charge < -0.3 is 29.9 Å². The lowest BCUT2D eigenvalue weighted by Crippen LogP contribution is -2.40. The minimum absolute atomic E-state index is 0.163. The second-order valence-corrected chi connectivity index (χ2v) is 3.32. The minimum atomic E-state index is -1.28. The highest BCUT2D eigenvalue weighted by atomic mass is 16.7. The lowest BCUT2D eigenvalue weighted by Gasteiger charge is -2.18. The molecule has 0 spiro atoms. The summed E-state index contributed by atoms with van der Waals surface area (Å²) in [5.41, 5.74) is 0. The van der Waals surface area contributed by atoms with E-state index >= 15 is 0 Å². The molecule has 0 aromatic heterocycles. The van der Waals surface area contributed by atoms with Gasteiger partial charge in [-0.15, -0.1) is 6.58 Å². The van der Waals surface area contributed by atoms with Gasteiger partial charge in [0, 0.05) is 0 Å². The first-order chi connectivity index (χ1) is 7.11. The number of hydrogen-bond donors (Lipinski definition) is 4. The monoisotopic (exact) mass is 220 g/mol. The predicted octanol–water partition coefficient (Wildman–Crippen LogP) is -2.01. The van der Waals surface area contributed by atoms with Crippen LogP contribution in [0.1, 0.15) is 0 Å². The summed E-state index contributed by atoms with van der Waals surface area (Å²) in [6.07, 6.45) is -4.34. The van der Waals surface area contributed by atoms with Crippen molar-refractivity contribution >= 4 is 0 Å². The lowest BCUT2D eigenvalue weighted by molar-refractivity contribution is -0.175. The van der Waals surface area contributed by atoms with Crippen molar-refractivity contribution in [2.75, 3.05) is 13.2 Å². The fraction of sp³-hybridized carbons (Fsp3) is 0.778. The summed E-state index contributed by atoms with van der Waals surface area (Å²) in [5, 5.41) is 36.9. The van der Waals surface area contributed by atoms with E-state index in [1.54, 1.807) is 0 Å². The maximum Gasteiger partial charge on any atom is 0.187 e. The molecule has 0 radical (unpaired) electrons. The molecule has 0 saturated carbocycles. The summed E-state index contributed by atoms with van der Waals surface area (Å²) in [7, 11) is 0. The first-order valence-corrected chi connectivity index (χ1v) is 4.64. The van der Waals surface area contributed by atoms with E-state index in [1.165, 1.54) is 6.08 Å². The molecule has 1 rings (SSSR count). The summed E-state index contributed by atoms with van der Waals surface area (Å²) in [6.45, 7) is 3.03. The second-order valence-electron chi connectivity index (χ2n) is 3.32. The van der Waals surface area contributed by atoms with Gasteiger partial charge in [0.1, 0.15) is 24.4 Å². The van der Waals surface area contributed by atoms with Gasteiger partial charge in [0.05, 0.1) is 13.2 Å². The van der Waals surface area contributed by atoms with Gasteiger partial charge in [-0.3, -0.25) is 0 Å². The van der Waals surface area contributed by atoms with Crippen LogP contribution >= 0.6 is 0 Å². The van der Waals surface area contributed by atoms with Gasteiger partial charge in [0.2, 0.25) is 0 Å². The Bertz CT molecular complexity index is 209. The summed E-state index contributed by atoms with van der Waals surface area (Å²) < 4.78 is 10.1. The Hall–Kier alpha value is -0.500. The third-order valence-corrected chi connectivity index (χ3v) is 2.20. The van der Waals surface area contributed by atoms with Crippen LogP contribution in [-0.4, -0.2) is 64.3 Å². The molecule has 1 fully saturated rings. The van der Waals surface area contributed by atoms with Gasteiger partial charge in [-0.05, 0) is 0 Å². The Morgan fingerprint density at radius 1 is 1.40 bits per heavy atom. The van der Waals surface area contributed by atoms with Crippen molar-refractivity contribution in [1.82, 2.24) is 0 Å². The predicted molar refractivity (Wildman–Crippen MR) is 49.9 cm³/mol. The maximum absolute atomic E-state index is 9.48. The van der Waals surface area contributed by atoms with Crippen LogP contribution in [0.15, 0.2) is 12.7 Å². The summed E-state index contributed by atoms with van der Waals surface area (Å²) in [4.78, 5) is 0. The topological polar surface area (TPSA) is 99.4 Å². The Morgan fingerprint density at radius 2 is 2.07 bits per heavy atom. The summed E-state index contributed by atoms with van der Waals surface area (Å²) in [6, 6.07) is 0. The van der Waals surface area contributed by atoms with Gasteiger partial charge in [-0.1, -0.05) is 6.08 Å². The van der Waals surface area contributed by atoms with Crippen LogP contribution < -0.4 is 0 Å². The SMILES string of the molecule is C=CCO[C@H]1O[C@H]([C@H](O)CO)[C@H](O)[C@@H]1O. The molecule has 1 aliphatic rings. The molecule has 6 nitrogen and oxygen atoms in total. The molecule has 0 unspecified atom stereocenters. The molecule has 0 amide bonds. The quantitative estimate of drug-likeness (QED) is 0.399. The van der Waals surface area contributed by atoms with Crippen molar-refractivity contribution in [2.24, 2.45) is 0 Å². The largest absolute Gasteiger partial charge is 0.394 e. The number of hydrogen-bond acceptors (Lipinski definition) is 6. The zero-order valence-electron chi connectivity index (χ0n) is 8.19. The van der Waals surface area contributed by atoms with Crippen LogP contribution in [0.25, 0.3) is 0 Å². The van der Waals surface area contributed by atoms with E-state index in [0.717, 1.165) is 0 Å². The molecule has 4 N–H and O–H groups in total. The Balaban J connectivity index is 2.54. The van der Waals surface area contributed by atoms with E-state index in [-0.39, 0.29) is 6.61 Å². The highest BCUT2D eigenvalue weighted by Gasteiger charge is 2.46. The van der Waals surface area contributed by atoms with E-state index in [4.69, 9.17) is 14.6 Å². The van der Waals surface area contributed by atoms with Crippen molar-refractivity contribution in [3.8, 4) is 0 Å². The molecule has 1 aliphatic heterocycles. The number of aliphatic hydroxyl groups excluding tert-OH is 4. The summed E-state index contributed by atoms with van der Waals surface area (Å²) in [5.74, 6) is 0. The van der Waals surface area contributed by atoms with Crippen LogP contribution in [0.4, 0.5) is 0 Å². The van der Waals surface area contributed by atoms with Crippen LogP contribution in [-0.2, 0) is 9.47 Å². The Morgan fingerprint density at radius 3 is 2.60 bits per heavy atom. The van der Waals surface area contributed by atoms with E-state index in [0.29, 0.717) is 0 Å². The van der Waals surface area contributed by atoms with Crippen LogP contribution in [0, 0.1) is 0 Å². The fourth-order valence-electron chi connectivity index (χ4n) is 1.39. The smallest absolute Gasteiger partial charge is 0.187 e. The number of rotatable bonds is 5. The average molecular weight is 220 g/mol. The van der Waals surface area contributed by atoms with Gasteiger partial charge in [0.15, 0.2) is 6.29 Å². The molecule has 5 atom stereocenters. The minimum Gasteiger partial charge on any atom is -0.394 e. The van der Waals surface area contributed by atoms with Crippen LogP contribution in [0.5, 0.6) is 0 Å². The lowest BCUT2D eigenvalue weighted by atomic mass is 10.1. The van der Waals surface area contributed by atoms with Crippen molar-refractivity contribution < 1.29 is 29.9 Å². The first kappa shape index (κ1) is 12.6. The highest BCUT2D eigenvalue weighted by Crippen LogP contribution is 2.24. The standard InChI is InChI=1S/C9H16O6/c1-2-3-14-9-7(13)6(12)8(15-9)5(11)4-10/h2,5-13H,1,3-4H2/t5-,6-,7+,8-,9+/m1/s1. The zero-order valence-corrected chi connectivity index (χ0v) is 8.19. The third kappa shape index (κ3) is 2.75. The summed E-state index contributed by atoms with van der Waals surface area (Å²) >= 11 is 0. The van der Waals surface area contributed by atoms with Crippen molar-refractivity contribution in [2.45, 2.75) is 30.7 Å². The van der Waals surface area contributed by atoms with Crippen molar-refractivity contribution in [3.05, 3.63) is 12.7 Å². The van der Waals surface area contributed by atoms with Gasteiger partial charge in [0.25, 0.3) is 0 Å². The fourth-order valence-corrected chi connectivity index (χ4v) is 1.39. The van der Waals surface area contributed by atoms with E-state index in [1.807, 2.05) is 0 Å². The molecule has 0 aliphatic carbocycles. The Labute approximate surface area is 87.4 Å². The molecule has 88 valence electrons. The van der Waals surface area contributed by atoms with Crippen LogP contribution in [0.3, 0.4) is 0 Å². The molecule has 6 heteroatoms.